The minimum atomic E-state index is 0.0644. The van der Waals surface area contributed by atoms with Gasteiger partial charge in [0.05, 0.1) is 0 Å². The maximum atomic E-state index is 2.42. The minimum Gasteiger partial charge on any atom is -0.267 e. The van der Waals surface area contributed by atoms with Gasteiger partial charge in [-0.3, -0.25) is 8.80 Å². The molecule has 13 heavy (non-hydrogen) atoms. The zero-order valence-corrected chi connectivity index (χ0v) is 10.9. The Balaban J connectivity index is 2.84. The maximum absolute atomic E-state index is 2.42. The maximum Gasteiger partial charge on any atom is -0.0533 e. The first kappa shape index (κ1) is 13.2. The van der Waals surface area contributed by atoms with Crippen LogP contribution in [0.1, 0.15) is 58.3 Å². The van der Waals surface area contributed by atoms with Crippen molar-refractivity contribution in [3.05, 3.63) is 0 Å². The van der Waals surface area contributed by atoms with E-state index in [9.17, 15) is 0 Å². The summed E-state index contributed by atoms with van der Waals surface area (Å²) >= 11 is 0. The molecule has 0 saturated carbocycles. The van der Waals surface area contributed by atoms with Gasteiger partial charge in [-0.15, -0.1) is 0 Å². The smallest absolute Gasteiger partial charge is 0.0533 e. The predicted octanol–water partition coefficient (Wildman–Crippen LogP) is 4.88. The summed E-state index contributed by atoms with van der Waals surface area (Å²) in [5, 5.41) is 0. The monoisotopic (exact) mass is 199 g/mol. The molecule has 0 radical (unpaired) electrons. The Bertz CT molecular complexity index is 89.1. The number of hydrogen-bond acceptors (Lipinski definition) is 0. The fourth-order valence-corrected chi connectivity index (χ4v) is 2.57. The third-order valence-electron chi connectivity index (χ3n) is 2.53. The molecule has 1 heteroatoms. The van der Waals surface area contributed by atoms with E-state index < -0.39 is 0 Å². The van der Waals surface area contributed by atoms with E-state index >= 15 is 0 Å². The molecule has 0 heterocycles. The summed E-state index contributed by atoms with van der Waals surface area (Å²) in [6.07, 6.45) is 11.7. The molecule has 0 N–H and O–H groups in total. The van der Waals surface area contributed by atoms with Gasteiger partial charge in [-0.05, 0) is 0 Å². The van der Waals surface area contributed by atoms with Gasteiger partial charge in [0.2, 0.25) is 0 Å². The first-order chi connectivity index (χ1) is 6.27. The summed E-state index contributed by atoms with van der Waals surface area (Å²) in [7, 11) is 0.0644. The Morgan fingerprint density at radius 1 is 0.692 bits per heavy atom. The Hall–Kier alpha value is 0.217. The van der Waals surface area contributed by atoms with Crippen LogP contribution in [0.4, 0.5) is 0 Å². The molecular formula is C12H27Si-. The van der Waals surface area contributed by atoms with Crippen molar-refractivity contribution in [2.45, 2.75) is 77.4 Å². The lowest BCUT2D eigenvalue weighted by molar-refractivity contribution is 0.584. The van der Waals surface area contributed by atoms with Crippen molar-refractivity contribution in [3.8, 4) is 0 Å². The molecule has 0 fully saturated rings. The summed E-state index contributed by atoms with van der Waals surface area (Å²) in [5.41, 5.74) is 0. The SMILES string of the molecule is CCCCCCCCCC[Si-](C)C. The van der Waals surface area contributed by atoms with Crippen molar-refractivity contribution in [2.24, 2.45) is 0 Å². The molecule has 0 spiro atoms. The third-order valence-corrected chi connectivity index (χ3v) is 3.88. The summed E-state index contributed by atoms with van der Waals surface area (Å²) in [6.45, 7) is 7.13. The van der Waals surface area contributed by atoms with E-state index in [1.807, 2.05) is 0 Å². The average Bonchev–Trinajstić information content (AvgIpc) is 2.09. The largest absolute Gasteiger partial charge is 0.267 e. The standard InChI is InChI=1S/C12H27Si/c1-4-5-6-7-8-9-10-11-12-13(2)3/h4-12H2,1-3H3/q-1. The van der Waals surface area contributed by atoms with E-state index in [1.54, 1.807) is 0 Å². The van der Waals surface area contributed by atoms with Crippen LogP contribution >= 0.6 is 0 Å². The molecule has 0 bridgehead atoms. The zero-order valence-electron chi connectivity index (χ0n) is 9.86. The summed E-state index contributed by atoms with van der Waals surface area (Å²) in [5.74, 6) is 0. The second kappa shape index (κ2) is 10.3. The molecule has 0 saturated heterocycles. The highest BCUT2D eigenvalue weighted by atomic mass is 28.3. The van der Waals surface area contributed by atoms with Gasteiger partial charge in [-0.1, -0.05) is 58.3 Å². The number of unbranched alkanes of at least 4 members (excludes halogenated alkanes) is 7. The molecule has 0 nitrogen and oxygen atoms in total. The van der Waals surface area contributed by atoms with Crippen LogP contribution in [0.25, 0.3) is 0 Å². The molecule has 0 aliphatic rings. The van der Waals surface area contributed by atoms with E-state index in [4.69, 9.17) is 0 Å². The molecule has 0 aromatic heterocycles. The number of rotatable bonds is 9. The Kier molecular flexibility index (Phi) is 10.5. The van der Waals surface area contributed by atoms with Crippen molar-refractivity contribution in [2.75, 3.05) is 0 Å². The normalized spacial score (nSPS) is 11.1. The zero-order chi connectivity index (χ0) is 9.94. The number of hydrogen-bond donors (Lipinski definition) is 0. The molecule has 0 aliphatic heterocycles. The summed E-state index contributed by atoms with van der Waals surface area (Å²) < 4.78 is 0. The van der Waals surface area contributed by atoms with Gasteiger partial charge in [0.15, 0.2) is 0 Å². The van der Waals surface area contributed by atoms with Crippen LogP contribution in [0.5, 0.6) is 0 Å². The van der Waals surface area contributed by atoms with Crippen molar-refractivity contribution in [1.29, 1.82) is 0 Å². The van der Waals surface area contributed by atoms with Crippen molar-refractivity contribution in [3.63, 3.8) is 0 Å². The van der Waals surface area contributed by atoms with Crippen LogP contribution in [0.15, 0.2) is 0 Å². The van der Waals surface area contributed by atoms with Crippen LogP contribution in [0, 0.1) is 0 Å². The van der Waals surface area contributed by atoms with Gasteiger partial charge in [-0.2, -0.15) is 19.1 Å². The summed E-state index contributed by atoms with van der Waals surface area (Å²) in [4.78, 5) is 0. The average molecular weight is 199 g/mol. The van der Waals surface area contributed by atoms with E-state index in [2.05, 4.69) is 20.0 Å². The summed E-state index contributed by atoms with van der Waals surface area (Å²) in [6, 6.07) is 1.53. The highest BCUT2D eigenvalue weighted by Gasteiger charge is 1.89. The fraction of sp³-hybridized carbons (Fsp3) is 1.00. The lowest BCUT2D eigenvalue weighted by Gasteiger charge is -2.14. The Morgan fingerprint density at radius 2 is 1.15 bits per heavy atom. The molecule has 0 amide bonds. The van der Waals surface area contributed by atoms with Crippen LogP contribution in [-0.4, -0.2) is 8.80 Å². The van der Waals surface area contributed by atoms with Gasteiger partial charge < -0.3 is 0 Å². The predicted molar refractivity (Wildman–Crippen MR) is 64.9 cm³/mol. The van der Waals surface area contributed by atoms with E-state index in [1.165, 1.54) is 57.4 Å². The fourth-order valence-electron chi connectivity index (χ4n) is 1.61. The van der Waals surface area contributed by atoms with Gasteiger partial charge in [0.25, 0.3) is 0 Å². The molecule has 80 valence electrons. The van der Waals surface area contributed by atoms with Crippen LogP contribution < -0.4 is 0 Å². The topological polar surface area (TPSA) is 0 Å². The van der Waals surface area contributed by atoms with Crippen LogP contribution in [0.2, 0.25) is 19.1 Å². The molecule has 0 aromatic carbocycles. The van der Waals surface area contributed by atoms with Crippen LogP contribution in [-0.2, 0) is 0 Å². The molecular weight excluding hydrogens is 172 g/mol. The van der Waals surface area contributed by atoms with Gasteiger partial charge in [-0.25, -0.2) is 0 Å². The molecule has 0 unspecified atom stereocenters. The van der Waals surface area contributed by atoms with Gasteiger partial charge in [0, 0.05) is 0 Å². The molecule has 0 atom stereocenters. The van der Waals surface area contributed by atoms with Crippen molar-refractivity contribution in [1.82, 2.24) is 0 Å². The lowest BCUT2D eigenvalue weighted by atomic mass is 10.1. The van der Waals surface area contributed by atoms with Crippen molar-refractivity contribution >= 4 is 8.80 Å². The first-order valence-electron chi connectivity index (χ1n) is 6.06. The van der Waals surface area contributed by atoms with Gasteiger partial charge in [0.1, 0.15) is 0 Å². The Morgan fingerprint density at radius 3 is 1.62 bits per heavy atom. The minimum absolute atomic E-state index is 0.0644. The van der Waals surface area contributed by atoms with E-state index in [0.717, 1.165) is 0 Å². The van der Waals surface area contributed by atoms with Crippen molar-refractivity contribution < 1.29 is 0 Å². The van der Waals surface area contributed by atoms with E-state index in [0.29, 0.717) is 0 Å². The molecule has 0 aliphatic carbocycles. The lowest BCUT2D eigenvalue weighted by Crippen LogP contribution is -1.97. The first-order valence-corrected chi connectivity index (χ1v) is 8.77. The molecule has 0 aromatic rings. The highest BCUT2D eigenvalue weighted by Crippen LogP contribution is 2.10. The second-order valence-electron chi connectivity index (χ2n) is 4.43. The second-order valence-corrected chi connectivity index (χ2v) is 7.35. The Labute approximate surface area is 86.7 Å². The van der Waals surface area contributed by atoms with E-state index in [-0.39, 0.29) is 8.80 Å². The quantitative estimate of drug-likeness (QED) is 0.367. The highest BCUT2D eigenvalue weighted by molar-refractivity contribution is 6.55. The van der Waals surface area contributed by atoms with Gasteiger partial charge >= 0.3 is 0 Å². The third kappa shape index (κ3) is 12.2. The molecule has 0 rings (SSSR count). The van der Waals surface area contributed by atoms with Crippen LogP contribution in [0.3, 0.4) is 0 Å².